The number of hydrogen-bond acceptors (Lipinski definition) is 3. The van der Waals surface area contributed by atoms with E-state index < -0.39 is 9.84 Å². The minimum atomic E-state index is -3.11. The van der Waals surface area contributed by atoms with E-state index in [0.29, 0.717) is 11.6 Å². The molecule has 2 rings (SSSR count). The molecule has 1 aliphatic heterocycles. The molecule has 1 heterocycles. The first kappa shape index (κ1) is 17.0. The summed E-state index contributed by atoms with van der Waals surface area (Å²) >= 11 is 6.20. The zero-order valence-corrected chi connectivity index (χ0v) is 14.2. The molecule has 6 heteroatoms. The van der Waals surface area contributed by atoms with Crippen LogP contribution in [0.15, 0.2) is 35.7 Å². The fourth-order valence-corrected chi connectivity index (χ4v) is 4.29. The minimum absolute atomic E-state index is 0.0221. The Morgan fingerprint density at radius 1 is 1.36 bits per heavy atom. The Kier molecular flexibility index (Phi) is 4.97. The average Bonchev–Trinajstić information content (AvgIpc) is 2.76. The number of allylic oxidation sites excluding steroid dienone is 1. The highest BCUT2D eigenvalue weighted by molar-refractivity contribution is 7.94. The summed E-state index contributed by atoms with van der Waals surface area (Å²) in [5, 5.41) is 4.74. The van der Waals surface area contributed by atoms with Crippen molar-refractivity contribution in [2.75, 3.05) is 12.3 Å². The lowest BCUT2D eigenvalue weighted by molar-refractivity contribution is -0.121. The topological polar surface area (TPSA) is 63.2 Å². The third kappa shape index (κ3) is 4.34. The van der Waals surface area contributed by atoms with Gasteiger partial charge < -0.3 is 5.32 Å². The number of sulfone groups is 1. The molecule has 0 aromatic heterocycles. The summed E-state index contributed by atoms with van der Waals surface area (Å²) in [7, 11) is -3.11. The predicted molar refractivity (Wildman–Crippen MR) is 88.5 cm³/mol. The molecule has 0 fully saturated rings. The van der Waals surface area contributed by atoms with Gasteiger partial charge in [0, 0.05) is 34.7 Å². The van der Waals surface area contributed by atoms with Crippen LogP contribution < -0.4 is 5.32 Å². The van der Waals surface area contributed by atoms with Crippen molar-refractivity contribution in [1.82, 2.24) is 5.32 Å². The lowest BCUT2D eigenvalue weighted by Crippen LogP contribution is -2.37. The van der Waals surface area contributed by atoms with E-state index in [1.54, 1.807) is 6.08 Å². The average molecular weight is 342 g/mol. The maximum atomic E-state index is 12.0. The second kappa shape index (κ2) is 6.42. The van der Waals surface area contributed by atoms with E-state index in [0.717, 1.165) is 5.56 Å². The zero-order chi connectivity index (χ0) is 16.4. The van der Waals surface area contributed by atoms with Crippen LogP contribution in [-0.2, 0) is 20.0 Å². The molecule has 1 aromatic rings. The third-order valence-electron chi connectivity index (χ3n) is 3.78. The SMILES string of the molecule is CC(C)(CNC(=O)CC1C=CS(=O)(=O)C1)c1ccccc1Cl. The van der Waals surface area contributed by atoms with Crippen molar-refractivity contribution in [3.8, 4) is 0 Å². The number of carbonyl (C=O) groups excluding carboxylic acids is 1. The van der Waals surface area contributed by atoms with Crippen LogP contribution in [0.25, 0.3) is 0 Å². The van der Waals surface area contributed by atoms with Gasteiger partial charge in [0.1, 0.15) is 0 Å². The van der Waals surface area contributed by atoms with Crippen molar-refractivity contribution in [2.24, 2.45) is 5.92 Å². The Bertz CT molecular complexity index is 695. The molecule has 0 aliphatic carbocycles. The third-order valence-corrected chi connectivity index (χ3v) is 5.58. The summed E-state index contributed by atoms with van der Waals surface area (Å²) in [5.41, 5.74) is 0.673. The molecule has 0 saturated heterocycles. The monoisotopic (exact) mass is 341 g/mol. The number of halogens is 1. The van der Waals surface area contributed by atoms with Crippen LogP contribution in [0.2, 0.25) is 5.02 Å². The summed E-state index contributed by atoms with van der Waals surface area (Å²) in [6.45, 7) is 4.46. The quantitative estimate of drug-likeness (QED) is 0.895. The normalized spacial score (nSPS) is 20.0. The number of amides is 1. The van der Waals surface area contributed by atoms with E-state index >= 15 is 0 Å². The molecule has 0 bridgehead atoms. The molecule has 1 amide bonds. The van der Waals surface area contributed by atoms with Crippen LogP contribution >= 0.6 is 11.6 Å². The van der Waals surface area contributed by atoms with Crippen LogP contribution in [0.1, 0.15) is 25.8 Å². The second-order valence-electron chi connectivity index (χ2n) is 6.26. The van der Waals surface area contributed by atoms with Crippen LogP contribution in [0.5, 0.6) is 0 Å². The largest absolute Gasteiger partial charge is 0.355 e. The van der Waals surface area contributed by atoms with E-state index in [2.05, 4.69) is 5.32 Å². The van der Waals surface area contributed by atoms with Crippen LogP contribution in [0.4, 0.5) is 0 Å². The standard InChI is InChI=1S/C16H20ClNO3S/c1-16(2,13-5-3-4-6-14(13)17)11-18-15(19)9-12-7-8-22(20,21)10-12/h3-8,12H,9-11H2,1-2H3,(H,18,19). The highest BCUT2D eigenvalue weighted by Crippen LogP contribution is 2.29. The maximum absolute atomic E-state index is 12.0. The van der Waals surface area contributed by atoms with Gasteiger partial charge in [-0.2, -0.15) is 0 Å². The van der Waals surface area contributed by atoms with E-state index in [1.165, 1.54) is 5.41 Å². The Hall–Kier alpha value is -1.33. The van der Waals surface area contributed by atoms with Crippen molar-refractivity contribution in [2.45, 2.75) is 25.7 Å². The van der Waals surface area contributed by atoms with Gasteiger partial charge in [-0.1, -0.05) is 49.7 Å². The summed E-state index contributed by atoms with van der Waals surface area (Å²) in [5.74, 6) is -0.353. The molecule has 1 unspecified atom stereocenters. The molecule has 0 radical (unpaired) electrons. The Labute approximate surface area is 136 Å². The molecule has 1 atom stereocenters. The lowest BCUT2D eigenvalue weighted by atomic mass is 9.84. The van der Waals surface area contributed by atoms with Gasteiger partial charge in [-0.15, -0.1) is 0 Å². The molecule has 0 saturated carbocycles. The Morgan fingerprint density at radius 2 is 2.05 bits per heavy atom. The smallest absolute Gasteiger partial charge is 0.220 e. The highest BCUT2D eigenvalue weighted by atomic mass is 35.5. The number of benzene rings is 1. The van der Waals surface area contributed by atoms with Gasteiger partial charge in [-0.3, -0.25) is 4.79 Å². The second-order valence-corrected chi connectivity index (χ2v) is 8.60. The summed E-state index contributed by atoms with van der Waals surface area (Å²) < 4.78 is 22.7. The Balaban J connectivity index is 1.91. The fraction of sp³-hybridized carbons (Fsp3) is 0.438. The number of nitrogens with one attached hydrogen (secondary N) is 1. The Morgan fingerprint density at radius 3 is 2.64 bits per heavy atom. The van der Waals surface area contributed by atoms with E-state index in [1.807, 2.05) is 38.1 Å². The molecular formula is C16H20ClNO3S. The van der Waals surface area contributed by atoms with E-state index in [4.69, 9.17) is 11.6 Å². The summed E-state index contributed by atoms with van der Waals surface area (Å²) in [4.78, 5) is 12.0. The first-order valence-corrected chi connectivity index (χ1v) is 9.22. The molecule has 1 aliphatic rings. The van der Waals surface area contributed by atoms with Gasteiger partial charge in [0.15, 0.2) is 9.84 Å². The first-order chi connectivity index (χ1) is 10.2. The summed E-state index contributed by atoms with van der Waals surface area (Å²) in [6.07, 6.45) is 1.78. The van der Waals surface area contributed by atoms with Gasteiger partial charge in [0.05, 0.1) is 5.75 Å². The van der Waals surface area contributed by atoms with Gasteiger partial charge in [0.25, 0.3) is 0 Å². The van der Waals surface area contributed by atoms with Crippen LogP contribution in [-0.4, -0.2) is 26.6 Å². The number of rotatable bonds is 5. The number of carbonyl (C=O) groups is 1. The minimum Gasteiger partial charge on any atom is -0.355 e. The molecule has 4 nitrogen and oxygen atoms in total. The first-order valence-electron chi connectivity index (χ1n) is 7.12. The van der Waals surface area contributed by atoms with E-state index in [-0.39, 0.29) is 29.4 Å². The zero-order valence-electron chi connectivity index (χ0n) is 12.7. The van der Waals surface area contributed by atoms with Crippen LogP contribution in [0.3, 0.4) is 0 Å². The molecule has 1 aromatic carbocycles. The van der Waals surface area contributed by atoms with Crippen molar-refractivity contribution < 1.29 is 13.2 Å². The molecule has 120 valence electrons. The molecule has 1 N–H and O–H groups in total. The van der Waals surface area contributed by atoms with Crippen molar-refractivity contribution >= 4 is 27.3 Å². The van der Waals surface area contributed by atoms with Crippen molar-refractivity contribution in [1.29, 1.82) is 0 Å². The van der Waals surface area contributed by atoms with Crippen molar-refractivity contribution in [3.05, 3.63) is 46.3 Å². The van der Waals surface area contributed by atoms with Gasteiger partial charge >= 0.3 is 0 Å². The number of hydrogen-bond donors (Lipinski definition) is 1. The fourth-order valence-electron chi connectivity index (χ4n) is 2.50. The highest BCUT2D eigenvalue weighted by Gasteiger charge is 2.26. The molecule has 22 heavy (non-hydrogen) atoms. The molecular weight excluding hydrogens is 322 g/mol. The maximum Gasteiger partial charge on any atom is 0.220 e. The van der Waals surface area contributed by atoms with Gasteiger partial charge in [-0.25, -0.2) is 8.42 Å². The van der Waals surface area contributed by atoms with Gasteiger partial charge in [0.2, 0.25) is 5.91 Å². The summed E-state index contributed by atoms with van der Waals surface area (Å²) in [6, 6.07) is 7.56. The lowest BCUT2D eigenvalue weighted by Gasteiger charge is -2.27. The van der Waals surface area contributed by atoms with E-state index in [9.17, 15) is 13.2 Å². The van der Waals surface area contributed by atoms with Crippen molar-refractivity contribution in [3.63, 3.8) is 0 Å². The van der Waals surface area contributed by atoms with Crippen LogP contribution in [0, 0.1) is 5.92 Å². The molecule has 0 spiro atoms. The van der Waals surface area contributed by atoms with Gasteiger partial charge in [-0.05, 0) is 11.6 Å². The predicted octanol–water partition coefficient (Wildman–Crippen LogP) is 2.68.